The lowest BCUT2D eigenvalue weighted by molar-refractivity contribution is 0.169. The minimum atomic E-state index is -0.412. The Kier molecular flexibility index (Phi) is 4.49. The number of rotatable bonds is 3. The number of fused-ring (bicyclic) bond motifs is 1. The van der Waals surface area contributed by atoms with Crippen LogP contribution in [0.1, 0.15) is 28.2 Å². The Balaban J connectivity index is 1.54. The number of benzene rings is 1. The number of thiophene rings is 1. The number of aryl methyl sites for hydroxylation is 1. The molecule has 3 nitrogen and oxygen atoms in total. The van der Waals surface area contributed by atoms with Crippen molar-refractivity contribution in [3.8, 4) is 6.07 Å². The molecule has 2 aliphatic heterocycles. The maximum atomic E-state index is 14.0. The van der Waals surface area contributed by atoms with Gasteiger partial charge in [-0.2, -0.15) is 5.26 Å². The van der Waals surface area contributed by atoms with Crippen molar-refractivity contribution in [3.05, 3.63) is 51.5 Å². The van der Waals surface area contributed by atoms with Crippen LogP contribution in [-0.4, -0.2) is 30.6 Å². The molecule has 2 fully saturated rings. The van der Waals surface area contributed by atoms with Crippen LogP contribution in [-0.2, 0) is 6.54 Å². The van der Waals surface area contributed by atoms with Crippen LogP contribution in [0.15, 0.2) is 30.3 Å². The van der Waals surface area contributed by atoms with Crippen LogP contribution in [0.5, 0.6) is 0 Å². The van der Waals surface area contributed by atoms with E-state index in [0.29, 0.717) is 12.0 Å². The summed E-state index contributed by atoms with van der Waals surface area (Å²) < 4.78 is 14.0. The third-order valence-electron chi connectivity index (χ3n) is 5.53. The van der Waals surface area contributed by atoms with Gasteiger partial charge < -0.3 is 4.90 Å². The minimum absolute atomic E-state index is 0.189. The van der Waals surface area contributed by atoms with Crippen LogP contribution in [0.25, 0.3) is 0 Å². The normalized spacial score (nSPS) is 23.5. The van der Waals surface area contributed by atoms with Gasteiger partial charge in [0.15, 0.2) is 0 Å². The van der Waals surface area contributed by atoms with Crippen molar-refractivity contribution in [2.75, 3.05) is 24.5 Å². The topological polar surface area (TPSA) is 30.3 Å². The quantitative estimate of drug-likeness (QED) is 0.828. The average Bonchev–Trinajstić information content (AvgIpc) is 3.20. The van der Waals surface area contributed by atoms with Crippen molar-refractivity contribution < 1.29 is 4.39 Å². The zero-order valence-electron chi connectivity index (χ0n) is 14.4. The summed E-state index contributed by atoms with van der Waals surface area (Å²) in [4.78, 5) is 7.54. The Hall–Kier alpha value is -1.90. The largest absolute Gasteiger partial charge is 0.366 e. The van der Waals surface area contributed by atoms with Crippen molar-refractivity contribution in [1.82, 2.24) is 4.90 Å². The molecule has 2 unspecified atom stereocenters. The van der Waals surface area contributed by atoms with E-state index in [9.17, 15) is 9.65 Å². The lowest BCUT2D eigenvalue weighted by Crippen LogP contribution is -2.48. The predicted molar refractivity (Wildman–Crippen MR) is 99.3 cm³/mol. The van der Waals surface area contributed by atoms with E-state index < -0.39 is 5.82 Å². The lowest BCUT2D eigenvalue weighted by Gasteiger charge is -2.39. The summed E-state index contributed by atoms with van der Waals surface area (Å²) >= 11 is 1.86. The Bertz CT molecular complexity index is 810. The van der Waals surface area contributed by atoms with Crippen molar-refractivity contribution >= 4 is 17.0 Å². The van der Waals surface area contributed by atoms with Crippen LogP contribution >= 0.6 is 11.3 Å². The number of hydrogen-bond donors (Lipinski definition) is 0. The predicted octanol–water partition coefficient (Wildman–Crippen LogP) is 4.17. The van der Waals surface area contributed by atoms with Gasteiger partial charge in [0.2, 0.25) is 0 Å². The lowest BCUT2D eigenvalue weighted by atomic mass is 9.92. The standard InChI is InChI=1S/C20H22FN3S/c1-14-5-6-16(25-14)12-23-9-7-15-8-10-24(20(15)13-23)19-4-2-3-18(21)17(19)11-22/h2-6,15,20H,7-10,12-13H2,1H3. The van der Waals surface area contributed by atoms with Crippen LogP contribution in [0.2, 0.25) is 0 Å². The molecule has 1 aromatic heterocycles. The molecule has 130 valence electrons. The molecular weight excluding hydrogens is 333 g/mol. The second-order valence-corrected chi connectivity index (χ2v) is 8.46. The number of piperidine rings is 1. The third-order valence-corrected chi connectivity index (χ3v) is 6.52. The molecule has 0 amide bonds. The zero-order chi connectivity index (χ0) is 17.4. The van der Waals surface area contributed by atoms with Gasteiger partial charge in [0.25, 0.3) is 0 Å². The van der Waals surface area contributed by atoms with E-state index in [1.165, 1.54) is 22.2 Å². The van der Waals surface area contributed by atoms with Gasteiger partial charge in [-0.25, -0.2) is 4.39 Å². The Morgan fingerprint density at radius 3 is 2.84 bits per heavy atom. The van der Waals surface area contributed by atoms with Gasteiger partial charge in [-0.3, -0.25) is 4.90 Å². The first-order valence-corrected chi connectivity index (χ1v) is 9.70. The Morgan fingerprint density at radius 1 is 1.24 bits per heavy atom. The summed E-state index contributed by atoms with van der Waals surface area (Å²) in [7, 11) is 0. The van der Waals surface area contributed by atoms with Crippen molar-refractivity contribution in [3.63, 3.8) is 0 Å². The molecule has 25 heavy (non-hydrogen) atoms. The molecule has 1 aromatic carbocycles. The number of anilines is 1. The van der Waals surface area contributed by atoms with E-state index in [1.807, 2.05) is 17.4 Å². The Labute approximate surface area is 152 Å². The van der Waals surface area contributed by atoms with Gasteiger partial charge >= 0.3 is 0 Å². The molecule has 2 atom stereocenters. The molecule has 3 heterocycles. The van der Waals surface area contributed by atoms with E-state index in [-0.39, 0.29) is 5.56 Å². The van der Waals surface area contributed by atoms with E-state index >= 15 is 0 Å². The molecule has 0 bridgehead atoms. The molecule has 0 saturated carbocycles. The van der Waals surface area contributed by atoms with E-state index in [1.54, 1.807) is 6.07 Å². The van der Waals surface area contributed by atoms with Crippen molar-refractivity contribution in [1.29, 1.82) is 5.26 Å². The maximum Gasteiger partial charge on any atom is 0.143 e. The molecule has 2 aliphatic rings. The number of nitriles is 1. The van der Waals surface area contributed by atoms with Gasteiger partial charge in [0.1, 0.15) is 17.4 Å². The highest BCUT2D eigenvalue weighted by molar-refractivity contribution is 7.11. The number of hydrogen-bond acceptors (Lipinski definition) is 4. The molecule has 5 heteroatoms. The second kappa shape index (κ2) is 6.78. The van der Waals surface area contributed by atoms with Gasteiger partial charge in [-0.05, 0) is 56.5 Å². The van der Waals surface area contributed by atoms with Crippen LogP contribution in [0.3, 0.4) is 0 Å². The highest BCUT2D eigenvalue weighted by Gasteiger charge is 2.39. The van der Waals surface area contributed by atoms with Gasteiger partial charge in [0, 0.05) is 35.4 Å². The number of nitrogens with zero attached hydrogens (tertiary/aromatic N) is 3. The van der Waals surface area contributed by atoms with Gasteiger partial charge in [-0.1, -0.05) is 6.07 Å². The fraction of sp³-hybridized carbons (Fsp3) is 0.450. The smallest absolute Gasteiger partial charge is 0.143 e. The Morgan fingerprint density at radius 2 is 2.08 bits per heavy atom. The zero-order valence-corrected chi connectivity index (χ0v) is 15.2. The van der Waals surface area contributed by atoms with E-state index in [4.69, 9.17) is 0 Å². The molecule has 2 aromatic rings. The summed E-state index contributed by atoms with van der Waals surface area (Å²) in [6, 6.07) is 11.8. The first-order chi connectivity index (χ1) is 12.2. The molecular formula is C20H22FN3S. The summed E-state index contributed by atoms with van der Waals surface area (Å²) in [6.07, 6.45) is 2.32. The molecule has 0 radical (unpaired) electrons. The van der Waals surface area contributed by atoms with Crippen LogP contribution in [0.4, 0.5) is 10.1 Å². The first-order valence-electron chi connectivity index (χ1n) is 8.88. The van der Waals surface area contributed by atoms with Crippen LogP contribution in [0, 0.1) is 30.0 Å². The van der Waals surface area contributed by atoms with Crippen LogP contribution < -0.4 is 4.90 Å². The van der Waals surface area contributed by atoms with E-state index in [2.05, 4.69) is 34.9 Å². The SMILES string of the molecule is Cc1ccc(CN2CCC3CCN(c4cccc(F)c4C#N)C3C2)s1. The van der Waals surface area contributed by atoms with E-state index in [0.717, 1.165) is 38.3 Å². The molecule has 4 rings (SSSR count). The minimum Gasteiger partial charge on any atom is -0.366 e. The third kappa shape index (κ3) is 3.17. The van der Waals surface area contributed by atoms with Crippen molar-refractivity contribution in [2.45, 2.75) is 32.4 Å². The summed E-state index contributed by atoms with van der Waals surface area (Å²) in [6.45, 7) is 6.17. The summed E-state index contributed by atoms with van der Waals surface area (Å²) in [5, 5.41) is 9.38. The first kappa shape index (κ1) is 16.6. The molecule has 0 aliphatic carbocycles. The fourth-order valence-corrected chi connectivity index (χ4v) is 5.24. The molecule has 0 N–H and O–H groups in total. The fourth-order valence-electron chi connectivity index (χ4n) is 4.30. The summed E-state index contributed by atoms with van der Waals surface area (Å²) in [5.41, 5.74) is 0.956. The second-order valence-electron chi connectivity index (χ2n) is 7.09. The van der Waals surface area contributed by atoms with Gasteiger partial charge in [-0.15, -0.1) is 11.3 Å². The highest BCUT2D eigenvalue weighted by atomic mass is 32.1. The molecule has 2 saturated heterocycles. The molecule has 0 spiro atoms. The number of likely N-dealkylation sites (tertiary alicyclic amines) is 1. The van der Waals surface area contributed by atoms with Gasteiger partial charge in [0.05, 0.1) is 5.69 Å². The van der Waals surface area contributed by atoms with Crippen molar-refractivity contribution in [2.24, 2.45) is 5.92 Å². The maximum absolute atomic E-state index is 14.0. The monoisotopic (exact) mass is 355 g/mol. The highest BCUT2D eigenvalue weighted by Crippen LogP contribution is 2.37. The average molecular weight is 355 g/mol. The summed E-state index contributed by atoms with van der Waals surface area (Å²) in [5.74, 6) is 0.237. The number of halogens is 1.